The molecular formula is C13H10S3. The van der Waals surface area contributed by atoms with Gasteiger partial charge in [0.15, 0.2) is 0 Å². The predicted octanol–water partition coefficient (Wildman–Crippen LogP) is 5.51. The maximum absolute atomic E-state index is 2.23. The van der Waals surface area contributed by atoms with Crippen LogP contribution in [0.5, 0.6) is 0 Å². The van der Waals surface area contributed by atoms with Gasteiger partial charge in [-0.25, -0.2) is 0 Å². The first-order valence-corrected chi connectivity index (χ1v) is 7.55. The quantitative estimate of drug-likeness (QED) is 0.571. The first-order chi connectivity index (χ1) is 7.83. The molecule has 16 heavy (non-hydrogen) atoms. The normalized spacial score (nSPS) is 10.8. The monoisotopic (exact) mass is 262 g/mol. The van der Waals surface area contributed by atoms with Crippen molar-refractivity contribution >= 4 is 34.0 Å². The lowest BCUT2D eigenvalue weighted by atomic mass is 10.3. The molecule has 0 aliphatic rings. The van der Waals surface area contributed by atoms with E-state index in [4.69, 9.17) is 0 Å². The molecule has 0 N–H and O–H groups in total. The van der Waals surface area contributed by atoms with Crippen LogP contribution in [-0.2, 0) is 0 Å². The van der Waals surface area contributed by atoms with Crippen molar-refractivity contribution in [3.05, 3.63) is 46.7 Å². The van der Waals surface area contributed by atoms with E-state index in [0.717, 1.165) is 0 Å². The van der Waals surface area contributed by atoms with E-state index in [1.165, 1.54) is 24.4 Å². The van der Waals surface area contributed by atoms with Crippen LogP contribution in [0.25, 0.3) is 19.5 Å². The van der Waals surface area contributed by atoms with Gasteiger partial charge in [0.05, 0.1) is 0 Å². The topological polar surface area (TPSA) is 0 Å². The van der Waals surface area contributed by atoms with Gasteiger partial charge in [0, 0.05) is 24.4 Å². The van der Waals surface area contributed by atoms with E-state index < -0.39 is 0 Å². The van der Waals surface area contributed by atoms with Crippen LogP contribution in [0.3, 0.4) is 0 Å². The Kier molecular flexibility index (Phi) is 2.67. The van der Waals surface area contributed by atoms with Crippen LogP contribution in [0.15, 0.2) is 41.8 Å². The van der Waals surface area contributed by atoms with E-state index in [-0.39, 0.29) is 0 Å². The Bertz CT molecular complexity index is 584. The average molecular weight is 262 g/mol. The first kappa shape index (κ1) is 10.3. The maximum Gasteiger partial charge on any atom is 0.0449 e. The number of hydrogen-bond donors (Lipinski definition) is 0. The van der Waals surface area contributed by atoms with Crippen molar-refractivity contribution in [2.75, 3.05) is 0 Å². The maximum atomic E-state index is 2.23. The summed E-state index contributed by atoms with van der Waals surface area (Å²) in [6.07, 6.45) is 0. The number of thiophene rings is 3. The summed E-state index contributed by atoms with van der Waals surface area (Å²) in [5, 5.41) is 2.13. The molecule has 0 nitrogen and oxygen atoms in total. The largest absolute Gasteiger partial charge is 0.143 e. The van der Waals surface area contributed by atoms with Crippen LogP contribution in [-0.4, -0.2) is 0 Å². The van der Waals surface area contributed by atoms with Gasteiger partial charge < -0.3 is 0 Å². The minimum atomic E-state index is 1.37. The van der Waals surface area contributed by atoms with Crippen molar-refractivity contribution in [2.24, 2.45) is 0 Å². The summed E-state index contributed by atoms with van der Waals surface area (Å²) in [5.41, 5.74) is 0. The summed E-state index contributed by atoms with van der Waals surface area (Å²) < 4.78 is 0. The molecule has 0 fully saturated rings. The molecule has 0 spiro atoms. The van der Waals surface area contributed by atoms with Gasteiger partial charge in [-0.2, -0.15) is 0 Å². The fourth-order valence-electron chi connectivity index (χ4n) is 1.59. The van der Waals surface area contributed by atoms with Crippen molar-refractivity contribution in [3.63, 3.8) is 0 Å². The SMILES string of the molecule is Cc1ccc(-c2ccc(-c3cccs3)s2)s1. The summed E-state index contributed by atoms with van der Waals surface area (Å²) in [6, 6.07) is 13.1. The van der Waals surface area contributed by atoms with Gasteiger partial charge in [0.1, 0.15) is 0 Å². The van der Waals surface area contributed by atoms with E-state index in [9.17, 15) is 0 Å². The third-order valence-electron chi connectivity index (χ3n) is 2.35. The zero-order valence-electron chi connectivity index (χ0n) is 8.77. The summed E-state index contributed by atoms with van der Waals surface area (Å²) >= 11 is 5.55. The van der Waals surface area contributed by atoms with Gasteiger partial charge in [0.2, 0.25) is 0 Å². The molecule has 3 heteroatoms. The number of aryl methyl sites for hydroxylation is 1. The molecule has 0 aliphatic carbocycles. The zero-order valence-corrected chi connectivity index (χ0v) is 11.2. The van der Waals surface area contributed by atoms with Gasteiger partial charge in [-0.05, 0) is 42.6 Å². The Morgan fingerprint density at radius 3 is 2.06 bits per heavy atom. The Morgan fingerprint density at radius 1 is 0.750 bits per heavy atom. The van der Waals surface area contributed by atoms with Crippen LogP contribution in [0.2, 0.25) is 0 Å². The summed E-state index contributed by atoms with van der Waals surface area (Å²) in [6.45, 7) is 2.15. The Morgan fingerprint density at radius 2 is 1.44 bits per heavy atom. The van der Waals surface area contributed by atoms with Crippen molar-refractivity contribution in [2.45, 2.75) is 6.92 Å². The molecule has 3 heterocycles. The third-order valence-corrected chi connectivity index (χ3v) is 5.70. The summed E-state index contributed by atoms with van der Waals surface area (Å²) in [4.78, 5) is 6.87. The van der Waals surface area contributed by atoms with Crippen LogP contribution in [0.1, 0.15) is 4.88 Å². The molecule has 3 aromatic rings. The summed E-state index contributed by atoms with van der Waals surface area (Å²) in [7, 11) is 0. The van der Waals surface area contributed by atoms with Gasteiger partial charge in [-0.3, -0.25) is 0 Å². The molecule has 0 saturated carbocycles. The van der Waals surface area contributed by atoms with E-state index >= 15 is 0 Å². The minimum Gasteiger partial charge on any atom is -0.143 e. The van der Waals surface area contributed by atoms with E-state index in [1.54, 1.807) is 11.3 Å². The Balaban J connectivity index is 2.00. The third kappa shape index (κ3) is 1.86. The Hall–Kier alpha value is -0.900. The van der Waals surface area contributed by atoms with Gasteiger partial charge in [-0.15, -0.1) is 34.0 Å². The molecule has 0 atom stereocenters. The van der Waals surface area contributed by atoms with Crippen molar-refractivity contribution in [1.29, 1.82) is 0 Å². The molecule has 0 aromatic carbocycles. The second-order valence-electron chi connectivity index (χ2n) is 3.55. The second-order valence-corrected chi connectivity index (χ2v) is 6.87. The summed E-state index contributed by atoms with van der Waals surface area (Å²) in [5.74, 6) is 0. The van der Waals surface area contributed by atoms with E-state index in [1.807, 2.05) is 22.7 Å². The van der Waals surface area contributed by atoms with Crippen LogP contribution in [0.4, 0.5) is 0 Å². The zero-order chi connectivity index (χ0) is 11.0. The van der Waals surface area contributed by atoms with Crippen molar-refractivity contribution in [3.8, 4) is 19.5 Å². The molecule has 3 aromatic heterocycles. The van der Waals surface area contributed by atoms with Crippen LogP contribution < -0.4 is 0 Å². The fourth-order valence-corrected chi connectivity index (χ4v) is 4.39. The lowest BCUT2D eigenvalue weighted by molar-refractivity contribution is 1.64. The van der Waals surface area contributed by atoms with E-state index in [2.05, 4.69) is 48.7 Å². The number of hydrogen-bond acceptors (Lipinski definition) is 3. The molecule has 0 unspecified atom stereocenters. The standard InChI is InChI=1S/C13H10S3/c1-9-4-5-12(15-9)13-7-6-11(16-13)10-3-2-8-14-10/h2-8H,1H3. The van der Waals surface area contributed by atoms with E-state index in [0.29, 0.717) is 0 Å². The molecule has 0 aliphatic heterocycles. The average Bonchev–Trinajstić information content (AvgIpc) is 2.97. The highest BCUT2D eigenvalue weighted by Crippen LogP contribution is 2.38. The lowest BCUT2D eigenvalue weighted by Gasteiger charge is -1.90. The number of rotatable bonds is 2. The predicted molar refractivity (Wildman–Crippen MR) is 75.7 cm³/mol. The smallest absolute Gasteiger partial charge is 0.0449 e. The Labute approximate surface area is 107 Å². The molecule has 0 saturated heterocycles. The van der Waals surface area contributed by atoms with Gasteiger partial charge in [-0.1, -0.05) is 6.07 Å². The highest BCUT2D eigenvalue weighted by atomic mass is 32.1. The fraction of sp³-hybridized carbons (Fsp3) is 0.0769. The highest BCUT2D eigenvalue weighted by molar-refractivity contribution is 7.26. The van der Waals surface area contributed by atoms with Gasteiger partial charge >= 0.3 is 0 Å². The molecule has 80 valence electrons. The van der Waals surface area contributed by atoms with Crippen molar-refractivity contribution in [1.82, 2.24) is 0 Å². The molecule has 0 radical (unpaired) electrons. The minimum absolute atomic E-state index is 1.37. The highest BCUT2D eigenvalue weighted by Gasteiger charge is 2.06. The second kappa shape index (κ2) is 4.17. The lowest BCUT2D eigenvalue weighted by Crippen LogP contribution is -1.57. The van der Waals surface area contributed by atoms with Gasteiger partial charge in [0.25, 0.3) is 0 Å². The molecule has 0 amide bonds. The first-order valence-electron chi connectivity index (χ1n) is 5.03. The molecular weight excluding hydrogens is 252 g/mol. The molecule has 3 rings (SSSR count). The van der Waals surface area contributed by atoms with Crippen LogP contribution >= 0.6 is 34.0 Å². The van der Waals surface area contributed by atoms with Crippen molar-refractivity contribution < 1.29 is 0 Å². The van der Waals surface area contributed by atoms with Crippen LogP contribution in [0, 0.1) is 6.92 Å². The molecule has 0 bridgehead atoms.